The first-order chi connectivity index (χ1) is 7.20. The third-order valence-electron chi connectivity index (χ3n) is 1.76. The van der Waals surface area contributed by atoms with Crippen LogP contribution in [0.15, 0.2) is 17.5 Å². The van der Waals surface area contributed by atoms with Gasteiger partial charge in [-0.3, -0.25) is 9.59 Å². The molecule has 0 spiro atoms. The molecule has 1 amide bonds. The summed E-state index contributed by atoms with van der Waals surface area (Å²) in [6.45, 7) is 2.95. The zero-order valence-electron chi connectivity index (χ0n) is 8.58. The molecule has 82 valence electrons. The molecule has 0 aliphatic carbocycles. The molecular weight excluding hydrogens is 212 g/mol. The smallest absolute Gasteiger partial charge is 0.216 e. The molecule has 0 fully saturated rings. The average molecular weight is 226 g/mol. The van der Waals surface area contributed by atoms with E-state index in [1.54, 1.807) is 0 Å². The molecule has 5 heteroatoms. The maximum Gasteiger partial charge on any atom is 0.216 e. The van der Waals surface area contributed by atoms with Gasteiger partial charge in [0, 0.05) is 20.0 Å². The second-order valence-corrected chi connectivity index (χ2v) is 4.01. The Bertz CT molecular complexity index is 322. The summed E-state index contributed by atoms with van der Waals surface area (Å²) in [6, 6.07) is 3.66. The number of nitrogens with one attached hydrogen (secondary N) is 2. The molecule has 0 aliphatic heterocycles. The Morgan fingerprint density at radius 3 is 2.80 bits per heavy atom. The summed E-state index contributed by atoms with van der Waals surface area (Å²) in [5.41, 5.74) is 0. The lowest BCUT2D eigenvalue weighted by atomic mass is 10.3. The van der Waals surface area contributed by atoms with E-state index in [1.807, 2.05) is 17.5 Å². The number of thiophene rings is 1. The van der Waals surface area contributed by atoms with E-state index in [4.69, 9.17) is 0 Å². The number of hydrogen-bond donors (Lipinski definition) is 2. The fourth-order valence-corrected chi connectivity index (χ4v) is 1.72. The van der Waals surface area contributed by atoms with Crippen LogP contribution in [0.5, 0.6) is 0 Å². The van der Waals surface area contributed by atoms with Crippen molar-refractivity contribution in [3.8, 4) is 0 Å². The van der Waals surface area contributed by atoms with E-state index in [-0.39, 0.29) is 11.7 Å². The fraction of sp³-hybridized carbons (Fsp3) is 0.400. The number of Topliss-reactive ketones (excluding diaryl/α,β-unsaturated/α-hetero) is 1. The molecule has 1 heterocycles. The summed E-state index contributed by atoms with van der Waals surface area (Å²) in [5, 5.41) is 7.49. The van der Waals surface area contributed by atoms with Crippen LogP contribution in [0.4, 0.5) is 0 Å². The molecule has 0 saturated carbocycles. The zero-order valence-corrected chi connectivity index (χ0v) is 9.39. The van der Waals surface area contributed by atoms with Gasteiger partial charge >= 0.3 is 0 Å². The quantitative estimate of drug-likeness (QED) is 0.553. The first-order valence-electron chi connectivity index (χ1n) is 4.72. The van der Waals surface area contributed by atoms with Crippen molar-refractivity contribution in [2.45, 2.75) is 6.92 Å². The van der Waals surface area contributed by atoms with Gasteiger partial charge in [0.05, 0.1) is 11.4 Å². The number of carbonyl (C=O) groups is 2. The Morgan fingerprint density at radius 1 is 1.40 bits per heavy atom. The lowest BCUT2D eigenvalue weighted by molar-refractivity contribution is -0.118. The van der Waals surface area contributed by atoms with Gasteiger partial charge in [-0.05, 0) is 11.4 Å². The molecule has 2 N–H and O–H groups in total. The predicted octanol–water partition coefficient (Wildman–Crippen LogP) is 0.656. The van der Waals surface area contributed by atoms with Crippen molar-refractivity contribution in [2.75, 3.05) is 19.6 Å². The van der Waals surface area contributed by atoms with Crippen molar-refractivity contribution < 1.29 is 9.59 Å². The molecular formula is C10H14N2O2S. The molecule has 0 atom stereocenters. The molecule has 0 unspecified atom stereocenters. The SMILES string of the molecule is CC(=O)NCCNCC(=O)c1cccs1. The van der Waals surface area contributed by atoms with E-state index in [2.05, 4.69) is 10.6 Å². The van der Waals surface area contributed by atoms with Crippen molar-refractivity contribution in [1.82, 2.24) is 10.6 Å². The maximum absolute atomic E-state index is 11.5. The number of ketones is 1. The van der Waals surface area contributed by atoms with Gasteiger partial charge in [0.1, 0.15) is 0 Å². The summed E-state index contributed by atoms with van der Waals surface area (Å²) < 4.78 is 0. The van der Waals surface area contributed by atoms with Gasteiger partial charge in [-0.15, -0.1) is 11.3 Å². The summed E-state index contributed by atoms with van der Waals surface area (Å²) in [6.07, 6.45) is 0. The summed E-state index contributed by atoms with van der Waals surface area (Å²) in [7, 11) is 0. The number of amides is 1. The van der Waals surface area contributed by atoms with E-state index in [9.17, 15) is 9.59 Å². The highest BCUT2D eigenvalue weighted by Gasteiger charge is 2.04. The maximum atomic E-state index is 11.5. The molecule has 0 aromatic carbocycles. The van der Waals surface area contributed by atoms with Gasteiger partial charge in [-0.25, -0.2) is 0 Å². The molecule has 1 aromatic heterocycles. The van der Waals surface area contributed by atoms with Crippen LogP contribution in [0.3, 0.4) is 0 Å². The van der Waals surface area contributed by atoms with Crippen molar-refractivity contribution in [1.29, 1.82) is 0 Å². The normalized spacial score (nSPS) is 9.93. The number of hydrogen-bond acceptors (Lipinski definition) is 4. The van der Waals surface area contributed by atoms with Crippen LogP contribution in [0.25, 0.3) is 0 Å². The van der Waals surface area contributed by atoms with E-state index < -0.39 is 0 Å². The van der Waals surface area contributed by atoms with Crippen molar-refractivity contribution in [3.05, 3.63) is 22.4 Å². The number of carbonyl (C=O) groups excluding carboxylic acids is 2. The lowest BCUT2D eigenvalue weighted by Crippen LogP contribution is -2.32. The highest BCUT2D eigenvalue weighted by Crippen LogP contribution is 2.08. The standard InChI is InChI=1S/C10H14N2O2S/c1-8(13)12-5-4-11-7-9(14)10-3-2-6-15-10/h2-3,6,11H,4-5,7H2,1H3,(H,12,13). The van der Waals surface area contributed by atoms with Crippen LogP contribution in [-0.2, 0) is 4.79 Å². The van der Waals surface area contributed by atoms with Crippen molar-refractivity contribution in [3.63, 3.8) is 0 Å². The first-order valence-corrected chi connectivity index (χ1v) is 5.60. The predicted molar refractivity (Wildman–Crippen MR) is 60.2 cm³/mol. The van der Waals surface area contributed by atoms with Crippen LogP contribution >= 0.6 is 11.3 Å². The minimum Gasteiger partial charge on any atom is -0.355 e. The van der Waals surface area contributed by atoms with E-state index in [1.165, 1.54) is 18.3 Å². The summed E-state index contributed by atoms with van der Waals surface area (Å²) in [4.78, 5) is 22.8. The largest absolute Gasteiger partial charge is 0.355 e. The third kappa shape index (κ3) is 4.71. The van der Waals surface area contributed by atoms with Crippen LogP contribution < -0.4 is 10.6 Å². The molecule has 1 rings (SSSR count). The third-order valence-corrected chi connectivity index (χ3v) is 2.67. The van der Waals surface area contributed by atoms with E-state index >= 15 is 0 Å². The Hall–Kier alpha value is -1.20. The van der Waals surface area contributed by atoms with E-state index in [0.29, 0.717) is 19.6 Å². The molecule has 0 aliphatic rings. The van der Waals surface area contributed by atoms with Crippen LogP contribution in [0.1, 0.15) is 16.6 Å². The van der Waals surface area contributed by atoms with Gasteiger partial charge < -0.3 is 10.6 Å². The van der Waals surface area contributed by atoms with Gasteiger partial charge in [0.2, 0.25) is 5.91 Å². The average Bonchev–Trinajstić information content (AvgIpc) is 2.69. The van der Waals surface area contributed by atoms with Crippen LogP contribution in [-0.4, -0.2) is 31.3 Å². The second-order valence-electron chi connectivity index (χ2n) is 3.06. The second kappa shape index (κ2) is 6.31. The Kier molecular flexibility index (Phi) is 5.00. The van der Waals surface area contributed by atoms with Gasteiger partial charge in [0.15, 0.2) is 5.78 Å². The summed E-state index contributed by atoms with van der Waals surface area (Å²) in [5.74, 6) is 0.0363. The van der Waals surface area contributed by atoms with Crippen LogP contribution in [0.2, 0.25) is 0 Å². The minimum absolute atomic E-state index is 0.0543. The van der Waals surface area contributed by atoms with Crippen molar-refractivity contribution >= 4 is 23.0 Å². The minimum atomic E-state index is -0.0543. The topological polar surface area (TPSA) is 58.2 Å². The first kappa shape index (κ1) is 11.9. The van der Waals surface area contributed by atoms with Crippen molar-refractivity contribution in [2.24, 2.45) is 0 Å². The zero-order chi connectivity index (χ0) is 11.1. The molecule has 15 heavy (non-hydrogen) atoms. The monoisotopic (exact) mass is 226 g/mol. The van der Waals surface area contributed by atoms with E-state index in [0.717, 1.165) is 4.88 Å². The molecule has 4 nitrogen and oxygen atoms in total. The van der Waals surface area contributed by atoms with Gasteiger partial charge in [-0.2, -0.15) is 0 Å². The molecule has 0 bridgehead atoms. The highest BCUT2D eigenvalue weighted by molar-refractivity contribution is 7.12. The van der Waals surface area contributed by atoms with Crippen LogP contribution in [0, 0.1) is 0 Å². The Labute approximate surface area is 92.7 Å². The lowest BCUT2D eigenvalue weighted by Gasteiger charge is -2.03. The highest BCUT2D eigenvalue weighted by atomic mass is 32.1. The molecule has 1 aromatic rings. The molecule has 0 saturated heterocycles. The Morgan fingerprint density at radius 2 is 2.20 bits per heavy atom. The van der Waals surface area contributed by atoms with Gasteiger partial charge in [-0.1, -0.05) is 6.07 Å². The summed E-state index contributed by atoms with van der Waals surface area (Å²) >= 11 is 1.44. The number of rotatable bonds is 6. The Balaban J connectivity index is 2.10. The molecule has 0 radical (unpaired) electrons. The van der Waals surface area contributed by atoms with Gasteiger partial charge in [0.25, 0.3) is 0 Å². The fourth-order valence-electron chi connectivity index (χ4n) is 1.05.